The Morgan fingerprint density at radius 3 is 2.55 bits per heavy atom. The fourth-order valence-electron chi connectivity index (χ4n) is 4.32. The molecule has 0 bridgehead atoms. The second-order valence-electron chi connectivity index (χ2n) is 7.86. The Hall–Kier alpha value is -2.06. The molecule has 7 nitrogen and oxygen atoms in total. The van der Waals surface area contributed by atoms with E-state index in [0.717, 1.165) is 81.0 Å². The first-order valence-electron chi connectivity index (χ1n) is 10.7. The number of aromatic nitrogens is 3. The third-order valence-corrected chi connectivity index (χ3v) is 6.69. The van der Waals surface area contributed by atoms with Crippen LogP contribution in [0.2, 0.25) is 0 Å². The molecule has 4 rings (SSSR count). The van der Waals surface area contributed by atoms with Gasteiger partial charge in [0.2, 0.25) is 0 Å². The largest absolute Gasteiger partial charge is 0.490 e. The molecule has 0 radical (unpaired) electrons. The van der Waals surface area contributed by atoms with Gasteiger partial charge in [-0.05, 0) is 55.8 Å². The molecule has 0 aliphatic carbocycles. The van der Waals surface area contributed by atoms with E-state index >= 15 is 0 Å². The monoisotopic (exact) mass is 415 g/mol. The van der Waals surface area contributed by atoms with Crippen molar-refractivity contribution in [3.05, 3.63) is 35.1 Å². The minimum Gasteiger partial charge on any atom is -0.490 e. The smallest absolute Gasteiger partial charge is 0.267 e. The zero-order valence-corrected chi connectivity index (χ0v) is 17.8. The standard InChI is InChI=1S/C21H29N5O2S/c1-2-3-19-20(29-24-23-19)21(27)26-12-6-16(7-13-26)25-14-8-18(9-15-25)28-17-4-10-22-11-5-17/h4-5,10-11,16,18H,2-3,6-9,12-15H2,1H3. The zero-order valence-electron chi connectivity index (χ0n) is 17.0. The van der Waals surface area contributed by atoms with Crippen LogP contribution in [0.5, 0.6) is 5.75 Å². The van der Waals surface area contributed by atoms with Gasteiger partial charge in [0.15, 0.2) is 0 Å². The van der Waals surface area contributed by atoms with Crippen molar-refractivity contribution >= 4 is 17.4 Å². The summed E-state index contributed by atoms with van der Waals surface area (Å²) in [5.41, 5.74) is 0.862. The molecular weight excluding hydrogens is 386 g/mol. The second kappa shape index (κ2) is 9.63. The molecule has 2 aromatic heterocycles. The van der Waals surface area contributed by atoms with Gasteiger partial charge in [0.25, 0.3) is 5.91 Å². The third-order valence-electron chi connectivity index (χ3n) is 5.93. The van der Waals surface area contributed by atoms with Crippen molar-refractivity contribution < 1.29 is 9.53 Å². The average Bonchev–Trinajstić information content (AvgIpc) is 3.23. The number of hydrogen-bond acceptors (Lipinski definition) is 7. The van der Waals surface area contributed by atoms with E-state index in [0.29, 0.717) is 6.04 Å². The van der Waals surface area contributed by atoms with Crippen LogP contribution in [0.1, 0.15) is 54.4 Å². The molecule has 156 valence electrons. The van der Waals surface area contributed by atoms with Crippen LogP contribution in [0, 0.1) is 0 Å². The number of amides is 1. The number of ether oxygens (including phenoxy) is 1. The van der Waals surface area contributed by atoms with Gasteiger partial charge in [0.1, 0.15) is 16.7 Å². The van der Waals surface area contributed by atoms with Crippen molar-refractivity contribution in [2.24, 2.45) is 0 Å². The van der Waals surface area contributed by atoms with Crippen molar-refractivity contribution in [3.8, 4) is 5.75 Å². The van der Waals surface area contributed by atoms with Crippen molar-refractivity contribution in [2.75, 3.05) is 26.2 Å². The molecule has 2 aliphatic rings. The number of aryl methyl sites for hydroxylation is 1. The average molecular weight is 416 g/mol. The van der Waals surface area contributed by atoms with Gasteiger partial charge in [-0.2, -0.15) is 0 Å². The molecule has 4 heterocycles. The van der Waals surface area contributed by atoms with Crippen molar-refractivity contribution in [1.82, 2.24) is 24.4 Å². The van der Waals surface area contributed by atoms with Gasteiger partial charge >= 0.3 is 0 Å². The Morgan fingerprint density at radius 1 is 1.14 bits per heavy atom. The number of carbonyl (C=O) groups is 1. The van der Waals surface area contributed by atoms with Gasteiger partial charge in [-0.3, -0.25) is 14.7 Å². The lowest BCUT2D eigenvalue weighted by molar-refractivity contribution is 0.0427. The molecule has 0 aromatic carbocycles. The molecule has 0 atom stereocenters. The minimum absolute atomic E-state index is 0.117. The lowest BCUT2D eigenvalue weighted by atomic mass is 9.98. The van der Waals surface area contributed by atoms with E-state index in [4.69, 9.17) is 4.74 Å². The van der Waals surface area contributed by atoms with Gasteiger partial charge in [-0.25, -0.2) is 0 Å². The maximum Gasteiger partial charge on any atom is 0.267 e. The maximum absolute atomic E-state index is 12.9. The second-order valence-corrected chi connectivity index (χ2v) is 8.61. The van der Waals surface area contributed by atoms with E-state index in [2.05, 4.69) is 26.4 Å². The number of likely N-dealkylation sites (tertiary alicyclic amines) is 2. The molecular formula is C21H29N5O2S. The van der Waals surface area contributed by atoms with E-state index in [1.807, 2.05) is 17.0 Å². The van der Waals surface area contributed by atoms with Crippen molar-refractivity contribution in [2.45, 2.75) is 57.6 Å². The summed E-state index contributed by atoms with van der Waals surface area (Å²) in [4.78, 5) is 22.2. The Kier molecular flexibility index (Phi) is 6.71. The Labute approximate surface area is 176 Å². The van der Waals surface area contributed by atoms with Crippen LogP contribution in [0.15, 0.2) is 24.5 Å². The molecule has 2 aromatic rings. The van der Waals surface area contributed by atoms with Gasteiger partial charge in [0.05, 0.1) is 5.69 Å². The van der Waals surface area contributed by atoms with E-state index < -0.39 is 0 Å². The fraction of sp³-hybridized carbons (Fsp3) is 0.619. The van der Waals surface area contributed by atoms with Crippen LogP contribution in [-0.4, -0.2) is 68.6 Å². The molecule has 2 saturated heterocycles. The summed E-state index contributed by atoms with van der Waals surface area (Å²) in [6, 6.07) is 4.41. The highest BCUT2D eigenvalue weighted by Crippen LogP contribution is 2.25. The number of carbonyl (C=O) groups excluding carboxylic acids is 1. The highest BCUT2D eigenvalue weighted by molar-refractivity contribution is 7.08. The maximum atomic E-state index is 12.9. The molecule has 0 spiro atoms. The first-order chi connectivity index (χ1) is 14.2. The predicted octanol–water partition coefficient (Wildman–Crippen LogP) is 3.03. The van der Waals surface area contributed by atoms with Gasteiger partial charge in [0, 0.05) is 44.6 Å². The summed E-state index contributed by atoms with van der Waals surface area (Å²) in [7, 11) is 0. The number of piperidine rings is 2. The number of nitrogens with zero attached hydrogens (tertiary/aromatic N) is 5. The summed E-state index contributed by atoms with van der Waals surface area (Å²) in [6.45, 7) is 5.87. The Morgan fingerprint density at radius 2 is 1.86 bits per heavy atom. The Bertz CT molecular complexity index is 783. The molecule has 1 amide bonds. The van der Waals surface area contributed by atoms with Crippen molar-refractivity contribution in [1.29, 1.82) is 0 Å². The number of pyridine rings is 1. The van der Waals surface area contributed by atoms with Crippen molar-refractivity contribution in [3.63, 3.8) is 0 Å². The highest BCUT2D eigenvalue weighted by Gasteiger charge is 2.31. The normalized spacial score (nSPS) is 19.4. The van der Waals surface area contributed by atoms with Crippen LogP contribution in [0.4, 0.5) is 0 Å². The zero-order chi connectivity index (χ0) is 20.1. The van der Waals surface area contributed by atoms with Crippen LogP contribution < -0.4 is 4.74 Å². The number of rotatable bonds is 6. The summed E-state index contributed by atoms with van der Waals surface area (Å²) in [5.74, 6) is 1.02. The van der Waals surface area contributed by atoms with E-state index in [1.54, 1.807) is 12.4 Å². The molecule has 8 heteroatoms. The predicted molar refractivity (Wildman–Crippen MR) is 112 cm³/mol. The first-order valence-corrected chi connectivity index (χ1v) is 11.4. The molecule has 2 aliphatic heterocycles. The van der Waals surface area contributed by atoms with Crippen LogP contribution in [0.25, 0.3) is 0 Å². The molecule has 0 saturated carbocycles. The van der Waals surface area contributed by atoms with E-state index in [1.165, 1.54) is 11.5 Å². The lowest BCUT2D eigenvalue weighted by Gasteiger charge is -2.41. The van der Waals surface area contributed by atoms with Crippen LogP contribution in [-0.2, 0) is 6.42 Å². The van der Waals surface area contributed by atoms with E-state index in [-0.39, 0.29) is 12.0 Å². The summed E-state index contributed by atoms with van der Waals surface area (Å²) >= 11 is 1.24. The van der Waals surface area contributed by atoms with Gasteiger partial charge in [-0.1, -0.05) is 17.8 Å². The highest BCUT2D eigenvalue weighted by atomic mass is 32.1. The van der Waals surface area contributed by atoms with Gasteiger partial charge in [-0.15, -0.1) is 5.10 Å². The topological polar surface area (TPSA) is 71.5 Å². The third kappa shape index (κ3) is 4.93. The first kappa shape index (κ1) is 20.2. The molecule has 0 N–H and O–H groups in total. The number of hydrogen-bond donors (Lipinski definition) is 0. The quantitative estimate of drug-likeness (QED) is 0.722. The van der Waals surface area contributed by atoms with Crippen LogP contribution >= 0.6 is 11.5 Å². The van der Waals surface area contributed by atoms with Crippen LogP contribution in [0.3, 0.4) is 0 Å². The summed E-state index contributed by atoms with van der Waals surface area (Å²) in [5, 5.41) is 4.14. The molecule has 0 unspecified atom stereocenters. The van der Waals surface area contributed by atoms with E-state index in [9.17, 15) is 4.79 Å². The summed E-state index contributed by atoms with van der Waals surface area (Å²) in [6.07, 6.45) is 9.81. The minimum atomic E-state index is 0.117. The fourth-order valence-corrected chi connectivity index (χ4v) is 4.99. The molecule has 29 heavy (non-hydrogen) atoms. The lowest BCUT2D eigenvalue weighted by Crippen LogP contribution is -2.50. The van der Waals surface area contributed by atoms with Gasteiger partial charge < -0.3 is 9.64 Å². The Balaban J connectivity index is 1.24. The molecule has 2 fully saturated rings. The summed E-state index contributed by atoms with van der Waals surface area (Å²) < 4.78 is 10.1. The SMILES string of the molecule is CCCc1nnsc1C(=O)N1CCC(N2CCC(Oc3ccncc3)CC2)CC1.